The van der Waals surface area contributed by atoms with Crippen LogP contribution in [0.4, 0.5) is 8.78 Å². The van der Waals surface area contributed by atoms with Crippen molar-refractivity contribution in [3.05, 3.63) is 65.2 Å². The first-order chi connectivity index (χ1) is 13.7. The van der Waals surface area contributed by atoms with E-state index in [1.54, 1.807) is 0 Å². The van der Waals surface area contributed by atoms with Gasteiger partial charge in [-0.3, -0.25) is 9.69 Å². The summed E-state index contributed by atoms with van der Waals surface area (Å²) >= 11 is 0. The zero-order chi connectivity index (χ0) is 21.2. The standard InChI is InChI=1S/C21H24F2N2O3S/c1-3-21(19-9-6-17(22)14-20(19)23)24-10-12-25(13-11-24)29(27,28)18-7-4-16(5-8-18)15(2)26/h4-9,14,21H,3,10-13H2,1-2H3. The van der Waals surface area contributed by atoms with E-state index in [2.05, 4.69) is 0 Å². The van der Waals surface area contributed by atoms with Crippen LogP contribution in [0.3, 0.4) is 0 Å². The lowest BCUT2D eigenvalue weighted by molar-refractivity contribution is 0.101. The van der Waals surface area contributed by atoms with E-state index in [0.29, 0.717) is 30.6 Å². The molecule has 2 aromatic rings. The molecule has 0 amide bonds. The third kappa shape index (κ3) is 4.55. The highest BCUT2D eigenvalue weighted by Crippen LogP contribution is 2.29. The number of rotatable bonds is 6. The summed E-state index contributed by atoms with van der Waals surface area (Å²) < 4.78 is 54.6. The highest BCUT2D eigenvalue weighted by atomic mass is 32.2. The number of benzene rings is 2. The van der Waals surface area contributed by atoms with Crippen molar-refractivity contribution in [1.82, 2.24) is 9.21 Å². The molecule has 1 aliphatic rings. The minimum Gasteiger partial charge on any atom is -0.295 e. The maximum absolute atomic E-state index is 14.2. The summed E-state index contributed by atoms with van der Waals surface area (Å²) in [7, 11) is -3.67. The van der Waals surface area contributed by atoms with Gasteiger partial charge < -0.3 is 0 Å². The van der Waals surface area contributed by atoms with Gasteiger partial charge in [-0.05, 0) is 31.5 Å². The van der Waals surface area contributed by atoms with Crippen LogP contribution >= 0.6 is 0 Å². The quantitative estimate of drug-likeness (QED) is 0.667. The van der Waals surface area contributed by atoms with Crippen LogP contribution in [0, 0.1) is 11.6 Å². The largest absolute Gasteiger partial charge is 0.295 e. The first kappa shape index (κ1) is 21.5. The molecule has 3 rings (SSSR count). The average molecular weight is 422 g/mol. The van der Waals surface area contributed by atoms with E-state index in [0.717, 1.165) is 6.07 Å². The van der Waals surface area contributed by atoms with Crippen LogP contribution < -0.4 is 0 Å². The SMILES string of the molecule is CCC(c1ccc(F)cc1F)N1CCN(S(=O)(=O)c2ccc(C(C)=O)cc2)CC1. The fourth-order valence-corrected chi connectivity index (χ4v) is 5.14. The Kier molecular flexibility index (Phi) is 6.45. The summed E-state index contributed by atoms with van der Waals surface area (Å²) in [5.41, 5.74) is 0.880. The van der Waals surface area contributed by atoms with Gasteiger partial charge in [0.15, 0.2) is 5.78 Å². The minimum absolute atomic E-state index is 0.124. The molecule has 1 unspecified atom stereocenters. The van der Waals surface area contributed by atoms with E-state index in [1.165, 1.54) is 47.6 Å². The molecule has 1 aliphatic heterocycles. The molecular formula is C21H24F2N2O3S. The van der Waals surface area contributed by atoms with Gasteiger partial charge in [-0.1, -0.05) is 25.1 Å². The Labute approximate surface area is 170 Å². The van der Waals surface area contributed by atoms with E-state index < -0.39 is 21.7 Å². The molecule has 1 heterocycles. The number of nitrogens with zero attached hydrogens (tertiary/aromatic N) is 2. The van der Waals surface area contributed by atoms with Crippen LogP contribution in [0.5, 0.6) is 0 Å². The number of ketones is 1. The fourth-order valence-electron chi connectivity index (χ4n) is 3.71. The van der Waals surface area contributed by atoms with Gasteiger partial charge in [-0.15, -0.1) is 0 Å². The molecule has 5 nitrogen and oxygen atoms in total. The lowest BCUT2D eigenvalue weighted by Gasteiger charge is -2.38. The zero-order valence-electron chi connectivity index (χ0n) is 16.4. The molecule has 0 aliphatic carbocycles. The fraction of sp³-hybridized carbons (Fsp3) is 0.381. The summed E-state index contributed by atoms with van der Waals surface area (Å²) in [6.07, 6.45) is 0.627. The monoisotopic (exact) mass is 422 g/mol. The molecular weight excluding hydrogens is 398 g/mol. The first-order valence-corrected chi connectivity index (χ1v) is 11.0. The molecule has 29 heavy (non-hydrogen) atoms. The van der Waals surface area contributed by atoms with E-state index in [9.17, 15) is 22.0 Å². The number of carbonyl (C=O) groups is 1. The van der Waals surface area contributed by atoms with Crippen molar-refractivity contribution in [2.75, 3.05) is 26.2 Å². The second kappa shape index (κ2) is 8.69. The summed E-state index contributed by atoms with van der Waals surface area (Å²) in [5, 5.41) is 0. The number of hydrogen-bond donors (Lipinski definition) is 0. The average Bonchev–Trinajstić information content (AvgIpc) is 2.70. The van der Waals surface area contributed by atoms with Crippen molar-refractivity contribution in [3.63, 3.8) is 0 Å². The third-order valence-electron chi connectivity index (χ3n) is 5.32. The molecule has 2 aromatic carbocycles. The molecule has 0 aromatic heterocycles. The Hall–Kier alpha value is -2.16. The van der Waals surface area contributed by atoms with Crippen molar-refractivity contribution in [2.45, 2.75) is 31.2 Å². The first-order valence-electron chi connectivity index (χ1n) is 9.54. The summed E-state index contributed by atoms with van der Waals surface area (Å²) in [6, 6.07) is 9.25. The highest BCUT2D eigenvalue weighted by molar-refractivity contribution is 7.89. The maximum Gasteiger partial charge on any atom is 0.243 e. The van der Waals surface area contributed by atoms with Gasteiger partial charge in [-0.25, -0.2) is 17.2 Å². The van der Waals surface area contributed by atoms with Crippen LogP contribution in [0.2, 0.25) is 0 Å². The smallest absolute Gasteiger partial charge is 0.243 e. The molecule has 1 saturated heterocycles. The molecule has 0 N–H and O–H groups in total. The molecule has 8 heteroatoms. The Bertz CT molecular complexity index is 985. The lowest BCUT2D eigenvalue weighted by atomic mass is 10.0. The van der Waals surface area contributed by atoms with Gasteiger partial charge in [-0.2, -0.15) is 4.31 Å². The van der Waals surface area contributed by atoms with Crippen molar-refractivity contribution in [3.8, 4) is 0 Å². The van der Waals surface area contributed by atoms with Crippen molar-refractivity contribution in [2.24, 2.45) is 0 Å². The second-order valence-electron chi connectivity index (χ2n) is 7.11. The van der Waals surface area contributed by atoms with E-state index in [-0.39, 0.29) is 29.8 Å². The number of carbonyl (C=O) groups excluding carboxylic acids is 1. The molecule has 0 bridgehead atoms. The van der Waals surface area contributed by atoms with Gasteiger partial charge >= 0.3 is 0 Å². The van der Waals surface area contributed by atoms with E-state index >= 15 is 0 Å². The summed E-state index contributed by atoms with van der Waals surface area (Å²) in [4.78, 5) is 13.6. The number of Topliss-reactive ketones (excluding diaryl/α,β-unsaturated/α-hetero) is 1. The molecule has 0 spiro atoms. The van der Waals surface area contributed by atoms with Crippen molar-refractivity contribution < 1.29 is 22.0 Å². The van der Waals surface area contributed by atoms with Gasteiger partial charge in [0.2, 0.25) is 10.0 Å². The van der Waals surface area contributed by atoms with Crippen molar-refractivity contribution >= 4 is 15.8 Å². The lowest BCUT2D eigenvalue weighted by Crippen LogP contribution is -2.49. The number of piperazine rings is 1. The van der Waals surface area contributed by atoms with Crippen LogP contribution in [-0.4, -0.2) is 49.6 Å². The topological polar surface area (TPSA) is 57.7 Å². The van der Waals surface area contributed by atoms with E-state index in [4.69, 9.17) is 0 Å². The molecule has 0 saturated carbocycles. The summed E-state index contributed by atoms with van der Waals surface area (Å²) in [6.45, 7) is 4.79. The third-order valence-corrected chi connectivity index (χ3v) is 7.23. The molecule has 156 valence electrons. The molecule has 1 fully saturated rings. The second-order valence-corrected chi connectivity index (χ2v) is 9.05. The maximum atomic E-state index is 14.2. The van der Waals surface area contributed by atoms with Crippen molar-refractivity contribution in [1.29, 1.82) is 0 Å². The number of sulfonamides is 1. The molecule has 1 atom stereocenters. The normalized spacial score (nSPS) is 17.2. The highest BCUT2D eigenvalue weighted by Gasteiger charge is 2.31. The number of hydrogen-bond acceptors (Lipinski definition) is 4. The predicted octanol–water partition coefficient (Wildman–Crippen LogP) is 3.63. The van der Waals surface area contributed by atoms with Crippen LogP contribution in [0.15, 0.2) is 47.4 Å². The number of halogens is 2. The summed E-state index contributed by atoms with van der Waals surface area (Å²) in [5.74, 6) is -1.33. The van der Waals surface area contributed by atoms with Gasteiger partial charge in [0.25, 0.3) is 0 Å². The minimum atomic E-state index is -3.67. The zero-order valence-corrected chi connectivity index (χ0v) is 17.3. The Balaban J connectivity index is 1.72. The van der Waals surface area contributed by atoms with Crippen LogP contribution in [0.1, 0.15) is 42.2 Å². The van der Waals surface area contributed by atoms with Gasteiger partial charge in [0.1, 0.15) is 11.6 Å². The Morgan fingerprint density at radius 2 is 1.66 bits per heavy atom. The molecule has 0 radical (unpaired) electrons. The van der Waals surface area contributed by atoms with Crippen LogP contribution in [0.25, 0.3) is 0 Å². The Morgan fingerprint density at radius 3 is 2.17 bits per heavy atom. The van der Waals surface area contributed by atoms with Crippen LogP contribution in [-0.2, 0) is 10.0 Å². The Morgan fingerprint density at radius 1 is 1.03 bits per heavy atom. The van der Waals surface area contributed by atoms with Gasteiger partial charge in [0.05, 0.1) is 4.90 Å². The predicted molar refractivity (Wildman–Crippen MR) is 106 cm³/mol. The van der Waals surface area contributed by atoms with E-state index in [1.807, 2.05) is 11.8 Å². The van der Waals surface area contributed by atoms with Gasteiger partial charge in [0, 0.05) is 49.4 Å².